The molecule has 0 bridgehead atoms. The molecular formula is C21H16ClN3S2. The van der Waals surface area contributed by atoms with E-state index in [9.17, 15) is 0 Å². The van der Waals surface area contributed by atoms with Crippen LogP contribution in [0.25, 0.3) is 21.1 Å². The van der Waals surface area contributed by atoms with Crippen molar-refractivity contribution in [2.24, 2.45) is 0 Å². The first-order valence-electron chi connectivity index (χ1n) is 8.43. The van der Waals surface area contributed by atoms with Crippen molar-refractivity contribution in [3.8, 4) is 21.1 Å². The topological polar surface area (TPSA) is 38.7 Å². The van der Waals surface area contributed by atoms with Gasteiger partial charge in [-0.25, -0.2) is 4.98 Å². The number of thiazole rings is 1. The predicted molar refractivity (Wildman–Crippen MR) is 114 cm³/mol. The molecule has 134 valence electrons. The Morgan fingerprint density at radius 2 is 1.70 bits per heavy atom. The molecule has 0 saturated heterocycles. The fraction of sp³-hybridized carbons (Fsp3) is 0.0952. The highest BCUT2D eigenvalue weighted by atomic mass is 35.5. The van der Waals surface area contributed by atoms with Gasteiger partial charge in [0.2, 0.25) is 0 Å². The van der Waals surface area contributed by atoms with E-state index in [0.29, 0.717) is 0 Å². The van der Waals surface area contributed by atoms with E-state index in [1.54, 1.807) is 23.1 Å². The van der Waals surface area contributed by atoms with E-state index in [2.05, 4.69) is 22.3 Å². The molecule has 0 radical (unpaired) electrons. The Morgan fingerprint density at radius 1 is 0.926 bits per heavy atom. The van der Waals surface area contributed by atoms with Gasteiger partial charge in [0.1, 0.15) is 15.7 Å². The summed E-state index contributed by atoms with van der Waals surface area (Å²) >= 11 is 9.24. The van der Waals surface area contributed by atoms with Crippen molar-refractivity contribution in [2.45, 2.75) is 17.7 Å². The van der Waals surface area contributed by atoms with Gasteiger partial charge in [-0.15, -0.1) is 21.5 Å². The summed E-state index contributed by atoms with van der Waals surface area (Å²) < 4.78 is 0. The highest BCUT2D eigenvalue weighted by Gasteiger charge is 2.13. The summed E-state index contributed by atoms with van der Waals surface area (Å²) in [6, 6.07) is 22.1. The van der Waals surface area contributed by atoms with E-state index in [1.165, 1.54) is 5.56 Å². The highest BCUT2D eigenvalue weighted by Crippen LogP contribution is 2.34. The number of hydrogen-bond donors (Lipinski definition) is 0. The van der Waals surface area contributed by atoms with Crippen molar-refractivity contribution in [3.63, 3.8) is 0 Å². The average Bonchev–Trinajstić information content (AvgIpc) is 3.10. The molecule has 2 aromatic carbocycles. The molecule has 3 nitrogen and oxygen atoms in total. The predicted octanol–water partition coefficient (Wildman–Crippen LogP) is 6.52. The number of thioether (sulfide) groups is 1. The van der Waals surface area contributed by atoms with Gasteiger partial charge in [0.05, 0.1) is 10.6 Å². The van der Waals surface area contributed by atoms with Crippen LogP contribution in [-0.4, -0.2) is 15.2 Å². The summed E-state index contributed by atoms with van der Waals surface area (Å²) in [5.41, 5.74) is 4.18. The van der Waals surface area contributed by atoms with Crippen LogP contribution >= 0.6 is 34.7 Å². The summed E-state index contributed by atoms with van der Waals surface area (Å²) in [6.07, 6.45) is 0. The Kier molecular flexibility index (Phi) is 5.53. The average molecular weight is 410 g/mol. The normalized spacial score (nSPS) is 10.9. The van der Waals surface area contributed by atoms with E-state index < -0.39 is 0 Å². The zero-order chi connectivity index (χ0) is 18.6. The number of nitrogens with zero attached hydrogens (tertiary/aromatic N) is 3. The van der Waals surface area contributed by atoms with Crippen molar-refractivity contribution >= 4 is 34.7 Å². The Hall–Kier alpha value is -2.21. The van der Waals surface area contributed by atoms with Crippen molar-refractivity contribution in [1.82, 2.24) is 15.2 Å². The molecule has 0 fully saturated rings. The Morgan fingerprint density at radius 3 is 2.41 bits per heavy atom. The number of halogens is 1. The van der Waals surface area contributed by atoms with Crippen molar-refractivity contribution in [2.75, 3.05) is 0 Å². The Bertz CT molecular complexity index is 1030. The van der Waals surface area contributed by atoms with Gasteiger partial charge in [-0.05, 0) is 36.8 Å². The molecule has 2 heterocycles. The van der Waals surface area contributed by atoms with E-state index in [1.807, 2.05) is 61.5 Å². The second-order valence-corrected chi connectivity index (χ2v) is 8.40. The van der Waals surface area contributed by atoms with Crippen molar-refractivity contribution in [3.05, 3.63) is 83.0 Å². The molecule has 0 aliphatic rings. The monoisotopic (exact) mass is 409 g/mol. The zero-order valence-corrected chi connectivity index (χ0v) is 17.0. The molecule has 0 N–H and O–H groups in total. The molecular weight excluding hydrogens is 394 g/mol. The lowest BCUT2D eigenvalue weighted by atomic mass is 10.2. The fourth-order valence-electron chi connectivity index (χ4n) is 2.59. The van der Waals surface area contributed by atoms with Crippen LogP contribution in [0.15, 0.2) is 71.8 Å². The lowest BCUT2D eigenvalue weighted by molar-refractivity contribution is 0.936. The third-order valence-electron chi connectivity index (χ3n) is 3.99. The van der Waals surface area contributed by atoms with Gasteiger partial charge in [-0.2, -0.15) is 0 Å². The van der Waals surface area contributed by atoms with Crippen LogP contribution in [0.3, 0.4) is 0 Å². The first kappa shape index (κ1) is 18.2. The quantitative estimate of drug-likeness (QED) is 0.351. The molecule has 0 atom stereocenters. The third-order valence-corrected chi connectivity index (χ3v) is 6.46. The lowest BCUT2D eigenvalue weighted by Crippen LogP contribution is -1.90. The summed E-state index contributed by atoms with van der Waals surface area (Å²) in [6.45, 7) is 2.02. The molecule has 4 aromatic rings. The summed E-state index contributed by atoms with van der Waals surface area (Å²) in [5, 5.41) is 11.5. The molecule has 6 heteroatoms. The van der Waals surface area contributed by atoms with Crippen LogP contribution in [0.2, 0.25) is 5.02 Å². The summed E-state index contributed by atoms with van der Waals surface area (Å²) in [4.78, 5) is 5.76. The van der Waals surface area contributed by atoms with Gasteiger partial charge >= 0.3 is 0 Å². The second-order valence-electron chi connectivity index (χ2n) is 5.97. The molecule has 0 unspecified atom stereocenters. The first-order valence-corrected chi connectivity index (χ1v) is 10.6. The van der Waals surface area contributed by atoms with Crippen LogP contribution in [0.5, 0.6) is 0 Å². The van der Waals surface area contributed by atoms with Gasteiger partial charge in [0.25, 0.3) is 0 Å². The van der Waals surface area contributed by atoms with Gasteiger partial charge in [-0.1, -0.05) is 65.8 Å². The smallest absolute Gasteiger partial charge is 0.124 e. The highest BCUT2D eigenvalue weighted by molar-refractivity contribution is 7.98. The van der Waals surface area contributed by atoms with Gasteiger partial charge in [0, 0.05) is 16.3 Å². The van der Waals surface area contributed by atoms with Gasteiger partial charge in [-0.3, -0.25) is 0 Å². The Labute approximate surface area is 171 Å². The van der Waals surface area contributed by atoms with E-state index in [0.717, 1.165) is 42.6 Å². The van der Waals surface area contributed by atoms with Crippen LogP contribution < -0.4 is 0 Å². The maximum Gasteiger partial charge on any atom is 0.124 e. The zero-order valence-electron chi connectivity index (χ0n) is 14.6. The Balaban J connectivity index is 1.49. The van der Waals surface area contributed by atoms with Crippen LogP contribution in [0, 0.1) is 6.92 Å². The van der Waals surface area contributed by atoms with E-state index in [4.69, 9.17) is 16.6 Å². The van der Waals surface area contributed by atoms with E-state index >= 15 is 0 Å². The molecule has 0 saturated carbocycles. The molecule has 0 spiro atoms. The van der Waals surface area contributed by atoms with Crippen molar-refractivity contribution in [1.29, 1.82) is 0 Å². The number of aromatic nitrogens is 3. The van der Waals surface area contributed by atoms with Crippen LogP contribution in [0.4, 0.5) is 0 Å². The lowest BCUT2D eigenvalue weighted by Gasteiger charge is -2.02. The van der Waals surface area contributed by atoms with Crippen LogP contribution in [-0.2, 0) is 5.75 Å². The maximum absolute atomic E-state index is 5.92. The molecule has 4 rings (SSSR count). The van der Waals surface area contributed by atoms with Gasteiger partial charge in [0.15, 0.2) is 0 Å². The molecule has 0 aliphatic heterocycles. The summed E-state index contributed by atoms with van der Waals surface area (Å²) in [7, 11) is 0. The summed E-state index contributed by atoms with van der Waals surface area (Å²) in [5.74, 6) is 0.836. The molecule has 27 heavy (non-hydrogen) atoms. The number of rotatable bonds is 5. The van der Waals surface area contributed by atoms with Crippen LogP contribution in [0.1, 0.15) is 11.3 Å². The van der Waals surface area contributed by atoms with E-state index in [-0.39, 0.29) is 0 Å². The number of aryl methyl sites for hydroxylation is 1. The minimum absolute atomic E-state index is 0.752. The second kappa shape index (κ2) is 8.21. The van der Waals surface area contributed by atoms with Crippen molar-refractivity contribution < 1.29 is 0 Å². The minimum atomic E-state index is 0.752. The fourth-order valence-corrected chi connectivity index (χ4v) is 4.53. The third kappa shape index (κ3) is 4.38. The van der Waals surface area contributed by atoms with Gasteiger partial charge < -0.3 is 0 Å². The number of hydrogen-bond acceptors (Lipinski definition) is 5. The maximum atomic E-state index is 5.92. The molecule has 0 amide bonds. The minimum Gasteiger partial charge on any atom is -0.241 e. The standard InChI is InChI=1S/C21H16ClN3S2/c1-14-20(27-21(23-14)16-5-3-2-4-6-16)18-11-12-19(25-24-18)26-13-15-7-9-17(22)10-8-15/h2-12H,13H2,1H3. The molecule has 2 aromatic heterocycles. The first-order chi connectivity index (χ1) is 13.2. The largest absolute Gasteiger partial charge is 0.241 e. The molecule has 0 aliphatic carbocycles. The SMILES string of the molecule is Cc1nc(-c2ccccc2)sc1-c1ccc(SCc2ccc(Cl)cc2)nn1. The number of benzene rings is 2.